The van der Waals surface area contributed by atoms with Crippen LogP contribution in [0, 0.1) is 0 Å². The first-order valence-electron chi connectivity index (χ1n) is 16.4. The van der Waals surface area contributed by atoms with Gasteiger partial charge >= 0.3 is 0 Å². The van der Waals surface area contributed by atoms with Crippen LogP contribution < -0.4 is 16.0 Å². The fourth-order valence-corrected chi connectivity index (χ4v) is 6.74. The molecule has 2 heterocycles. The molecule has 0 aliphatic carbocycles. The maximum absolute atomic E-state index is 12.3. The molecule has 5 nitrogen and oxygen atoms in total. The standard InChI is InChI=1S/C38H52N4O/c1-37(2)30-20-13-15-22-32(30)41(5)34(37)24-10-8-11-25-35-38(3,4)31-21-14-16-23-33(31)42(35)29-19-9-12-26-36(43)40-28-18-7-6-17-27-39/h8,10-11,13-16,20-25H,6-7,9,12,17-19,26-29,39H2,1-5H3/p+2. The van der Waals surface area contributed by atoms with Crippen LogP contribution >= 0.6 is 0 Å². The summed E-state index contributed by atoms with van der Waals surface area (Å²) < 4.78 is 2.31. The summed E-state index contributed by atoms with van der Waals surface area (Å²) in [5.41, 5.74) is 11.8. The maximum atomic E-state index is 12.3. The van der Waals surface area contributed by atoms with Gasteiger partial charge in [0.15, 0.2) is 5.71 Å². The number of nitrogens with zero attached hydrogens (tertiary/aromatic N) is 2. The van der Waals surface area contributed by atoms with Gasteiger partial charge in [0, 0.05) is 54.0 Å². The van der Waals surface area contributed by atoms with Gasteiger partial charge in [-0.3, -0.25) is 4.79 Å². The molecular formula is C38H54N4O+2. The zero-order valence-corrected chi connectivity index (χ0v) is 27.3. The number of hydrogen-bond acceptors (Lipinski definition) is 2. The van der Waals surface area contributed by atoms with Crippen molar-refractivity contribution in [2.45, 2.75) is 89.9 Å². The molecule has 2 aromatic rings. The van der Waals surface area contributed by atoms with E-state index in [1.165, 1.54) is 53.2 Å². The largest absolute Gasteiger partial charge is 0.358 e. The number of amides is 1. The number of hydrogen-bond donors (Lipinski definition) is 2. The number of nitrogens with one attached hydrogen (secondary N) is 1. The number of fused-ring (bicyclic) bond motifs is 2. The number of unbranched alkanes of at least 4 members (excludes halogenated alkanes) is 5. The molecule has 43 heavy (non-hydrogen) atoms. The van der Waals surface area contributed by atoms with Crippen LogP contribution in [0.1, 0.15) is 90.2 Å². The Kier molecular flexibility index (Phi) is 11.2. The second-order valence-corrected chi connectivity index (χ2v) is 13.1. The summed E-state index contributed by atoms with van der Waals surface area (Å²) in [4.78, 5) is 14.8. The average Bonchev–Trinajstić information content (AvgIpc) is 3.33. The Hall–Kier alpha value is -3.44. The molecule has 0 atom stereocenters. The minimum absolute atomic E-state index is 0.0208. The van der Waals surface area contributed by atoms with Crippen molar-refractivity contribution in [3.8, 4) is 0 Å². The predicted molar refractivity (Wildman–Crippen MR) is 181 cm³/mol. The Bertz CT molecular complexity index is 1380. The second-order valence-electron chi connectivity index (χ2n) is 13.1. The van der Waals surface area contributed by atoms with E-state index in [2.05, 4.69) is 134 Å². The Morgan fingerprint density at radius 2 is 1.53 bits per heavy atom. The third-order valence-electron chi connectivity index (χ3n) is 9.25. The van der Waals surface area contributed by atoms with Crippen LogP contribution in [-0.2, 0) is 15.6 Å². The van der Waals surface area contributed by atoms with Crippen LogP contribution in [0.3, 0.4) is 0 Å². The molecular weight excluding hydrogens is 528 g/mol. The van der Waals surface area contributed by atoms with Gasteiger partial charge < -0.3 is 16.0 Å². The van der Waals surface area contributed by atoms with Crippen molar-refractivity contribution < 1.29 is 15.1 Å². The molecule has 0 spiro atoms. The third-order valence-corrected chi connectivity index (χ3v) is 9.25. The molecule has 0 fully saturated rings. The van der Waals surface area contributed by atoms with Gasteiger partial charge in [-0.05, 0) is 63.7 Å². The molecule has 5 heteroatoms. The number of allylic oxidation sites excluding steroid dienone is 6. The predicted octanol–water partition coefficient (Wildman–Crippen LogP) is 6.97. The van der Waals surface area contributed by atoms with Crippen LogP contribution in [0.25, 0.3) is 0 Å². The summed E-state index contributed by atoms with van der Waals surface area (Å²) in [7, 11) is 2.16. The molecule has 4 rings (SSSR count). The summed E-state index contributed by atoms with van der Waals surface area (Å²) in [6, 6.07) is 17.5. The van der Waals surface area contributed by atoms with Crippen LogP contribution in [0.2, 0.25) is 0 Å². The summed E-state index contributed by atoms with van der Waals surface area (Å²) in [5.74, 6) is 0.192. The van der Waals surface area contributed by atoms with Crippen LogP contribution in [0.15, 0.2) is 84.6 Å². The number of quaternary nitrogens is 1. The number of carbonyl (C=O) groups is 1. The van der Waals surface area contributed by atoms with Crippen LogP contribution in [0.4, 0.5) is 11.4 Å². The monoisotopic (exact) mass is 582 g/mol. The van der Waals surface area contributed by atoms with Gasteiger partial charge in [0.2, 0.25) is 11.6 Å². The highest BCUT2D eigenvalue weighted by Crippen LogP contribution is 2.47. The molecule has 230 valence electrons. The second kappa shape index (κ2) is 14.8. The van der Waals surface area contributed by atoms with Gasteiger partial charge in [0.25, 0.3) is 0 Å². The van der Waals surface area contributed by atoms with Crippen LogP contribution in [0.5, 0.6) is 0 Å². The van der Waals surface area contributed by atoms with Gasteiger partial charge in [-0.15, -0.1) is 0 Å². The van der Waals surface area contributed by atoms with Gasteiger partial charge in [0.05, 0.1) is 12.0 Å². The Morgan fingerprint density at radius 3 is 2.30 bits per heavy atom. The van der Waals surface area contributed by atoms with Crippen molar-refractivity contribution in [2.24, 2.45) is 0 Å². The lowest BCUT2D eigenvalue weighted by Crippen LogP contribution is -2.50. The zero-order chi connectivity index (χ0) is 30.9. The highest BCUT2D eigenvalue weighted by Gasteiger charge is 2.42. The quantitative estimate of drug-likeness (QED) is 0.135. The Morgan fingerprint density at radius 1 is 0.837 bits per heavy atom. The number of benzene rings is 2. The molecule has 2 aromatic carbocycles. The molecule has 0 aromatic heterocycles. The lowest BCUT2D eigenvalue weighted by Gasteiger charge is -2.27. The van der Waals surface area contributed by atoms with E-state index in [0.29, 0.717) is 6.42 Å². The SMILES string of the molecule is C[N+]1=C(\C=C/C=C/C=C2/N(CCCCCC(=O)NCCCCCC[NH3+])c3ccccc3C2(C)C)C(C)(C)c2ccccc21. The Balaban J connectivity index is 1.34. The normalized spacial score (nSPS) is 17.8. The topological polar surface area (TPSA) is 63.0 Å². The maximum Gasteiger partial charge on any atom is 0.219 e. The lowest BCUT2D eigenvalue weighted by atomic mass is 9.81. The number of carbonyl (C=O) groups excluding carboxylic acids is 1. The average molecular weight is 583 g/mol. The fraction of sp³-hybridized carbons (Fsp3) is 0.474. The zero-order valence-electron chi connectivity index (χ0n) is 27.3. The first-order chi connectivity index (χ1) is 20.7. The summed E-state index contributed by atoms with van der Waals surface area (Å²) in [6.45, 7) is 12.0. The lowest BCUT2D eigenvalue weighted by molar-refractivity contribution is -0.401. The van der Waals surface area contributed by atoms with E-state index in [-0.39, 0.29) is 16.7 Å². The fourth-order valence-electron chi connectivity index (χ4n) is 6.74. The summed E-state index contributed by atoms with van der Waals surface area (Å²) in [6.07, 6.45) is 19.4. The van der Waals surface area contributed by atoms with Gasteiger partial charge in [-0.25, -0.2) is 0 Å². The molecule has 4 N–H and O–H groups in total. The van der Waals surface area contributed by atoms with E-state index in [9.17, 15) is 4.79 Å². The van der Waals surface area contributed by atoms with Gasteiger partial charge in [0.1, 0.15) is 7.05 Å². The van der Waals surface area contributed by atoms with Crippen molar-refractivity contribution in [1.82, 2.24) is 5.32 Å². The number of anilines is 1. The van der Waals surface area contributed by atoms with Gasteiger partial charge in [-0.2, -0.15) is 4.58 Å². The number of rotatable bonds is 15. The van der Waals surface area contributed by atoms with Crippen molar-refractivity contribution in [2.75, 3.05) is 31.6 Å². The summed E-state index contributed by atoms with van der Waals surface area (Å²) >= 11 is 0. The molecule has 0 saturated carbocycles. The van der Waals surface area contributed by atoms with E-state index in [1.54, 1.807) is 0 Å². The van der Waals surface area contributed by atoms with E-state index in [4.69, 9.17) is 0 Å². The first-order valence-corrected chi connectivity index (χ1v) is 16.4. The Labute approximate surface area is 260 Å². The first kappa shape index (κ1) is 32.5. The minimum atomic E-state index is -0.0672. The van der Waals surface area contributed by atoms with E-state index < -0.39 is 0 Å². The molecule has 1 amide bonds. The van der Waals surface area contributed by atoms with Crippen molar-refractivity contribution in [3.05, 3.63) is 95.7 Å². The van der Waals surface area contributed by atoms with Crippen molar-refractivity contribution in [1.29, 1.82) is 0 Å². The smallest absolute Gasteiger partial charge is 0.219 e. The summed E-state index contributed by atoms with van der Waals surface area (Å²) in [5, 5.41) is 3.09. The van der Waals surface area contributed by atoms with E-state index in [0.717, 1.165) is 45.3 Å². The minimum Gasteiger partial charge on any atom is -0.358 e. The molecule has 0 bridgehead atoms. The highest BCUT2D eigenvalue weighted by atomic mass is 16.1. The third kappa shape index (κ3) is 7.56. The van der Waals surface area contributed by atoms with Crippen molar-refractivity contribution >= 4 is 23.0 Å². The van der Waals surface area contributed by atoms with Crippen LogP contribution in [-0.4, -0.2) is 42.9 Å². The molecule has 0 radical (unpaired) electrons. The highest BCUT2D eigenvalue weighted by molar-refractivity contribution is 6.03. The van der Waals surface area contributed by atoms with E-state index in [1.807, 2.05) is 0 Å². The molecule has 0 unspecified atom stereocenters. The van der Waals surface area contributed by atoms with E-state index >= 15 is 0 Å². The molecule has 2 aliphatic rings. The molecule has 2 aliphatic heterocycles. The van der Waals surface area contributed by atoms with Gasteiger partial charge in [-0.1, -0.05) is 81.3 Å². The molecule has 0 saturated heterocycles. The number of para-hydroxylation sites is 2. The van der Waals surface area contributed by atoms with Crippen molar-refractivity contribution in [3.63, 3.8) is 0 Å².